The fourth-order valence-corrected chi connectivity index (χ4v) is 3.14. The molecule has 2 rings (SSSR count). The first-order valence-electron chi connectivity index (χ1n) is 8.34. The number of nitrogens with zero attached hydrogens (tertiary/aromatic N) is 1. The van der Waals surface area contributed by atoms with Crippen LogP contribution in [0.15, 0.2) is 18.2 Å². The number of rotatable bonds is 8. The Morgan fingerprint density at radius 1 is 1.19 bits per heavy atom. The second-order valence-electron chi connectivity index (χ2n) is 6.27. The van der Waals surface area contributed by atoms with Crippen LogP contribution in [0, 0.1) is 13.8 Å². The minimum atomic E-state index is 0.678. The van der Waals surface area contributed by atoms with Crippen molar-refractivity contribution in [3.63, 3.8) is 0 Å². The van der Waals surface area contributed by atoms with Crippen LogP contribution in [0.5, 0.6) is 5.75 Å². The zero-order chi connectivity index (χ0) is 15.1. The first-order valence-corrected chi connectivity index (χ1v) is 8.34. The molecule has 0 aromatic heterocycles. The number of hydrogen-bond donors (Lipinski definition) is 1. The monoisotopic (exact) mass is 290 g/mol. The van der Waals surface area contributed by atoms with Crippen molar-refractivity contribution in [3.05, 3.63) is 29.3 Å². The lowest BCUT2D eigenvalue weighted by molar-refractivity contribution is 0.196. The van der Waals surface area contributed by atoms with Gasteiger partial charge in [-0.25, -0.2) is 0 Å². The molecule has 1 heterocycles. The van der Waals surface area contributed by atoms with Gasteiger partial charge < -0.3 is 10.1 Å². The third-order valence-electron chi connectivity index (χ3n) is 4.05. The zero-order valence-corrected chi connectivity index (χ0v) is 13.8. The van der Waals surface area contributed by atoms with Crippen LogP contribution in [-0.2, 0) is 0 Å². The van der Waals surface area contributed by atoms with Crippen LogP contribution in [0.1, 0.15) is 37.3 Å². The van der Waals surface area contributed by atoms with Crippen molar-refractivity contribution in [2.45, 2.75) is 46.1 Å². The first-order chi connectivity index (χ1) is 10.2. The van der Waals surface area contributed by atoms with Gasteiger partial charge in [-0.1, -0.05) is 13.0 Å². The maximum Gasteiger partial charge on any atom is 0.119 e. The van der Waals surface area contributed by atoms with Crippen LogP contribution in [0.2, 0.25) is 0 Å². The van der Waals surface area contributed by atoms with E-state index in [0.29, 0.717) is 6.04 Å². The summed E-state index contributed by atoms with van der Waals surface area (Å²) in [5, 5.41) is 3.59. The average molecular weight is 290 g/mol. The molecule has 0 spiro atoms. The van der Waals surface area contributed by atoms with Crippen molar-refractivity contribution < 1.29 is 4.74 Å². The van der Waals surface area contributed by atoms with E-state index in [4.69, 9.17) is 4.74 Å². The molecular weight excluding hydrogens is 260 g/mol. The van der Waals surface area contributed by atoms with Gasteiger partial charge >= 0.3 is 0 Å². The van der Waals surface area contributed by atoms with E-state index < -0.39 is 0 Å². The fraction of sp³-hybridized carbons (Fsp3) is 0.667. The maximum absolute atomic E-state index is 5.95. The standard InChI is InChI=1S/C18H30N2O/c1-4-8-20(14-17-6-5-7-19-17)9-10-21-18-12-15(2)11-16(3)13-18/h11-13,17,19H,4-10,14H2,1-3H3. The molecule has 0 amide bonds. The minimum Gasteiger partial charge on any atom is -0.492 e. The molecule has 1 unspecified atom stereocenters. The van der Waals surface area contributed by atoms with Crippen LogP contribution in [0.3, 0.4) is 0 Å². The Morgan fingerprint density at radius 2 is 1.95 bits per heavy atom. The molecule has 3 heteroatoms. The highest BCUT2D eigenvalue weighted by atomic mass is 16.5. The van der Waals surface area contributed by atoms with Crippen LogP contribution in [0.4, 0.5) is 0 Å². The molecule has 118 valence electrons. The molecule has 0 bridgehead atoms. The van der Waals surface area contributed by atoms with Gasteiger partial charge in [0.1, 0.15) is 12.4 Å². The van der Waals surface area contributed by atoms with E-state index in [2.05, 4.69) is 49.2 Å². The number of hydrogen-bond acceptors (Lipinski definition) is 3. The molecule has 0 saturated carbocycles. The van der Waals surface area contributed by atoms with Gasteiger partial charge in [0, 0.05) is 19.1 Å². The van der Waals surface area contributed by atoms with Gasteiger partial charge in [0.25, 0.3) is 0 Å². The first kappa shape index (κ1) is 16.3. The maximum atomic E-state index is 5.95. The summed E-state index contributed by atoms with van der Waals surface area (Å²) in [4.78, 5) is 2.53. The van der Waals surface area contributed by atoms with E-state index in [1.54, 1.807) is 0 Å². The quantitative estimate of drug-likeness (QED) is 0.796. The predicted octanol–water partition coefficient (Wildman–Crippen LogP) is 3.15. The Balaban J connectivity index is 1.77. The molecule has 1 aliphatic rings. The third kappa shape index (κ3) is 5.68. The number of aryl methyl sites for hydroxylation is 2. The summed E-state index contributed by atoms with van der Waals surface area (Å²) in [7, 11) is 0. The van der Waals surface area contributed by atoms with Crippen molar-refractivity contribution in [1.82, 2.24) is 10.2 Å². The van der Waals surface area contributed by atoms with E-state index in [1.807, 2.05) is 0 Å². The van der Waals surface area contributed by atoms with Gasteiger partial charge in [-0.2, -0.15) is 0 Å². The van der Waals surface area contributed by atoms with E-state index >= 15 is 0 Å². The molecule has 1 N–H and O–H groups in total. The zero-order valence-electron chi connectivity index (χ0n) is 13.8. The normalized spacial score (nSPS) is 18.4. The number of benzene rings is 1. The fourth-order valence-electron chi connectivity index (χ4n) is 3.14. The molecule has 21 heavy (non-hydrogen) atoms. The minimum absolute atomic E-state index is 0.678. The van der Waals surface area contributed by atoms with Crippen molar-refractivity contribution >= 4 is 0 Å². The highest BCUT2D eigenvalue weighted by Gasteiger charge is 2.17. The topological polar surface area (TPSA) is 24.5 Å². The Bertz CT molecular complexity index is 407. The van der Waals surface area contributed by atoms with Crippen molar-refractivity contribution in [3.8, 4) is 5.75 Å². The summed E-state index contributed by atoms with van der Waals surface area (Å²) in [6.45, 7) is 11.8. The molecule has 3 nitrogen and oxygen atoms in total. The Hall–Kier alpha value is -1.06. The lowest BCUT2D eigenvalue weighted by atomic mass is 10.1. The van der Waals surface area contributed by atoms with Crippen molar-refractivity contribution in [1.29, 1.82) is 0 Å². The molecule has 0 radical (unpaired) electrons. The molecule has 1 fully saturated rings. The summed E-state index contributed by atoms with van der Waals surface area (Å²) in [6, 6.07) is 7.10. The average Bonchev–Trinajstić information content (AvgIpc) is 2.90. The van der Waals surface area contributed by atoms with E-state index in [9.17, 15) is 0 Å². The van der Waals surface area contributed by atoms with Gasteiger partial charge in [0.05, 0.1) is 0 Å². The predicted molar refractivity (Wildman–Crippen MR) is 89.2 cm³/mol. The van der Waals surface area contributed by atoms with Crippen molar-refractivity contribution in [2.24, 2.45) is 0 Å². The summed E-state index contributed by atoms with van der Waals surface area (Å²) in [6.07, 6.45) is 3.85. The lowest BCUT2D eigenvalue weighted by Gasteiger charge is -2.25. The summed E-state index contributed by atoms with van der Waals surface area (Å²) in [5.74, 6) is 1.00. The SMILES string of the molecule is CCCN(CCOc1cc(C)cc(C)c1)CC1CCCN1. The Kier molecular flexibility index (Phi) is 6.52. The molecule has 0 aliphatic carbocycles. The van der Waals surface area contributed by atoms with Crippen LogP contribution >= 0.6 is 0 Å². The highest BCUT2D eigenvalue weighted by Crippen LogP contribution is 2.16. The van der Waals surface area contributed by atoms with Crippen LogP contribution < -0.4 is 10.1 Å². The molecule has 1 aromatic carbocycles. The second-order valence-corrected chi connectivity index (χ2v) is 6.27. The van der Waals surface area contributed by atoms with Gasteiger partial charge in [-0.05, 0) is 69.5 Å². The lowest BCUT2D eigenvalue weighted by Crippen LogP contribution is -2.39. The van der Waals surface area contributed by atoms with Crippen molar-refractivity contribution in [2.75, 3.05) is 32.8 Å². The summed E-state index contributed by atoms with van der Waals surface area (Å²) in [5.41, 5.74) is 2.54. The van der Waals surface area contributed by atoms with Gasteiger partial charge in [-0.15, -0.1) is 0 Å². The van der Waals surface area contributed by atoms with E-state index in [-0.39, 0.29) is 0 Å². The molecule has 1 aromatic rings. The second kappa shape index (κ2) is 8.40. The smallest absolute Gasteiger partial charge is 0.119 e. The third-order valence-corrected chi connectivity index (χ3v) is 4.05. The van der Waals surface area contributed by atoms with Gasteiger partial charge in [-0.3, -0.25) is 4.90 Å². The molecule has 1 atom stereocenters. The number of nitrogens with one attached hydrogen (secondary N) is 1. The van der Waals surface area contributed by atoms with Gasteiger partial charge in [0.2, 0.25) is 0 Å². The van der Waals surface area contributed by atoms with Crippen LogP contribution in [0.25, 0.3) is 0 Å². The Labute approximate surface area is 129 Å². The number of ether oxygens (including phenoxy) is 1. The largest absolute Gasteiger partial charge is 0.492 e. The summed E-state index contributed by atoms with van der Waals surface area (Å²) < 4.78 is 5.95. The van der Waals surface area contributed by atoms with E-state index in [1.165, 1.54) is 36.9 Å². The highest BCUT2D eigenvalue weighted by molar-refractivity contribution is 5.32. The molecule has 1 saturated heterocycles. The summed E-state index contributed by atoms with van der Waals surface area (Å²) >= 11 is 0. The molecular formula is C18H30N2O. The van der Waals surface area contributed by atoms with E-state index in [0.717, 1.165) is 32.0 Å². The Morgan fingerprint density at radius 3 is 2.57 bits per heavy atom. The van der Waals surface area contributed by atoms with Gasteiger partial charge in [0.15, 0.2) is 0 Å². The van der Waals surface area contributed by atoms with Crippen LogP contribution in [-0.4, -0.2) is 43.7 Å². The molecule has 1 aliphatic heterocycles.